The maximum Gasteiger partial charge on any atom is 0.0691 e. The summed E-state index contributed by atoms with van der Waals surface area (Å²) in [7, 11) is 0. The van der Waals surface area contributed by atoms with Gasteiger partial charge in [0.25, 0.3) is 0 Å². The van der Waals surface area contributed by atoms with E-state index in [9.17, 15) is 10.2 Å². The largest absolute Gasteiger partial charge is 0.393 e. The third-order valence-corrected chi connectivity index (χ3v) is 4.95. The molecule has 4 atom stereocenters. The Morgan fingerprint density at radius 3 is 2.24 bits per heavy atom. The summed E-state index contributed by atoms with van der Waals surface area (Å²) >= 11 is 0. The predicted molar refractivity (Wildman–Crippen MR) is 89.5 cm³/mol. The molecule has 4 unspecified atom stereocenters. The van der Waals surface area contributed by atoms with E-state index in [1.807, 2.05) is 6.92 Å². The van der Waals surface area contributed by atoms with E-state index in [1.165, 1.54) is 51.4 Å². The van der Waals surface area contributed by atoms with E-state index in [0.29, 0.717) is 6.04 Å². The van der Waals surface area contributed by atoms with Crippen LogP contribution in [0.1, 0.15) is 90.9 Å². The van der Waals surface area contributed by atoms with Crippen molar-refractivity contribution in [1.82, 2.24) is 5.32 Å². The Morgan fingerprint density at radius 2 is 1.62 bits per heavy atom. The highest BCUT2D eigenvalue weighted by Gasteiger charge is 2.24. The molecular weight excluding hydrogens is 262 g/mol. The van der Waals surface area contributed by atoms with Crippen LogP contribution in [-0.2, 0) is 0 Å². The minimum Gasteiger partial charge on any atom is -0.393 e. The highest BCUT2D eigenvalue weighted by atomic mass is 16.3. The SMILES string of the molecule is CCC(O)CCCCCCCCCC1CCC(O)C(C)N1. The lowest BCUT2D eigenvalue weighted by Crippen LogP contribution is -2.48. The molecule has 0 aromatic rings. The van der Waals surface area contributed by atoms with Crippen LogP contribution in [0.3, 0.4) is 0 Å². The first-order valence-electron chi connectivity index (χ1n) is 9.25. The molecule has 3 N–H and O–H groups in total. The van der Waals surface area contributed by atoms with Gasteiger partial charge < -0.3 is 15.5 Å². The first kappa shape index (κ1) is 18.9. The fourth-order valence-corrected chi connectivity index (χ4v) is 3.27. The van der Waals surface area contributed by atoms with Gasteiger partial charge in [-0.2, -0.15) is 0 Å². The van der Waals surface area contributed by atoms with Gasteiger partial charge in [0.05, 0.1) is 12.2 Å². The number of aliphatic hydroxyl groups is 2. The van der Waals surface area contributed by atoms with Gasteiger partial charge in [0, 0.05) is 12.1 Å². The zero-order valence-corrected chi connectivity index (χ0v) is 14.2. The number of hydrogen-bond acceptors (Lipinski definition) is 3. The van der Waals surface area contributed by atoms with Gasteiger partial charge >= 0.3 is 0 Å². The summed E-state index contributed by atoms with van der Waals surface area (Å²) in [6.07, 6.45) is 14.1. The lowest BCUT2D eigenvalue weighted by Gasteiger charge is -2.32. The summed E-state index contributed by atoms with van der Waals surface area (Å²) in [5.74, 6) is 0. The van der Waals surface area contributed by atoms with Gasteiger partial charge in [-0.3, -0.25) is 0 Å². The second-order valence-electron chi connectivity index (χ2n) is 6.91. The van der Waals surface area contributed by atoms with Crippen molar-refractivity contribution in [3.05, 3.63) is 0 Å². The van der Waals surface area contributed by atoms with Crippen molar-refractivity contribution in [1.29, 1.82) is 0 Å². The molecule has 1 saturated heterocycles. The molecule has 21 heavy (non-hydrogen) atoms. The molecule has 1 aliphatic heterocycles. The van der Waals surface area contributed by atoms with E-state index in [2.05, 4.69) is 12.2 Å². The van der Waals surface area contributed by atoms with Gasteiger partial charge in [-0.1, -0.05) is 51.9 Å². The summed E-state index contributed by atoms with van der Waals surface area (Å²) in [4.78, 5) is 0. The minimum absolute atomic E-state index is 0.0751. The summed E-state index contributed by atoms with van der Waals surface area (Å²) in [6.45, 7) is 4.14. The maximum atomic E-state index is 9.68. The zero-order valence-electron chi connectivity index (χ0n) is 14.2. The van der Waals surface area contributed by atoms with E-state index in [0.717, 1.165) is 25.7 Å². The molecule has 0 bridgehead atoms. The van der Waals surface area contributed by atoms with Crippen LogP contribution in [-0.4, -0.2) is 34.5 Å². The van der Waals surface area contributed by atoms with Crippen LogP contribution in [0.15, 0.2) is 0 Å². The lowest BCUT2D eigenvalue weighted by molar-refractivity contribution is 0.0849. The topological polar surface area (TPSA) is 52.5 Å². The monoisotopic (exact) mass is 299 g/mol. The Balaban J connectivity index is 1.85. The molecule has 1 rings (SSSR count). The molecule has 0 aliphatic carbocycles. The first-order chi connectivity index (χ1) is 10.1. The average molecular weight is 299 g/mol. The molecule has 0 saturated carbocycles. The number of aliphatic hydroxyl groups excluding tert-OH is 2. The van der Waals surface area contributed by atoms with Crippen LogP contribution in [0, 0.1) is 0 Å². The zero-order chi connectivity index (χ0) is 15.5. The van der Waals surface area contributed by atoms with E-state index >= 15 is 0 Å². The van der Waals surface area contributed by atoms with Crippen molar-refractivity contribution >= 4 is 0 Å². The molecule has 126 valence electrons. The number of piperidine rings is 1. The molecule has 1 fully saturated rings. The van der Waals surface area contributed by atoms with Gasteiger partial charge in [-0.15, -0.1) is 0 Å². The minimum atomic E-state index is -0.146. The second kappa shape index (κ2) is 11.4. The number of nitrogens with one attached hydrogen (secondary N) is 1. The molecule has 0 aromatic carbocycles. The molecule has 0 spiro atoms. The van der Waals surface area contributed by atoms with Crippen molar-refractivity contribution < 1.29 is 10.2 Å². The first-order valence-corrected chi connectivity index (χ1v) is 9.25. The Bertz CT molecular complexity index is 247. The van der Waals surface area contributed by atoms with Crippen LogP contribution in [0.4, 0.5) is 0 Å². The molecule has 1 heterocycles. The summed E-state index contributed by atoms with van der Waals surface area (Å²) in [6, 6.07) is 0.890. The molecule has 1 aliphatic rings. The van der Waals surface area contributed by atoms with Gasteiger partial charge in [0.15, 0.2) is 0 Å². The lowest BCUT2D eigenvalue weighted by atomic mass is 9.93. The highest BCUT2D eigenvalue weighted by Crippen LogP contribution is 2.18. The van der Waals surface area contributed by atoms with Crippen molar-refractivity contribution in [3.8, 4) is 0 Å². The molecule has 0 aromatic heterocycles. The predicted octanol–water partition coefficient (Wildman–Crippen LogP) is 3.77. The summed E-state index contributed by atoms with van der Waals surface area (Å²) in [5.41, 5.74) is 0. The fourth-order valence-electron chi connectivity index (χ4n) is 3.27. The number of rotatable bonds is 11. The Morgan fingerprint density at radius 1 is 1.00 bits per heavy atom. The standard InChI is InChI=1S/C18H37NO2/c1-3-17(20)12-10-8-6-4-5-7-9-11-16-13-14-18(21)15(2)19-16/h15-21H,3-14H2,1-2H3. The Kier molecular flexibility index (Phi) is 10.3. The van der Waals surface area contributed by atoms with Gasteiger partial charge in [-0.25, -0.2) is 0 Å². The van der Waals surface area contributed by atoms with Crippen molar-refractivity contribution in [2.45, 2.75) is 115 Å². The van der Waals surface area contributed by atoms with E-state index < -0.39 is 0 Å². The quantitative estimate of drug-likeness (QED) is 0.509. The van der Waals surface area contributed by atoms with Crippen LogP contribution in [0.2, 0.25) is 0 Å². The second-order valence-corrected chi connectivity index (χ2v) is 6.91. The van der Waals surface area contributed by atoms with Gasteiger partial charge in [0.1, 0.15) is 0 Å². The third-order valence-electron chi connectivity index (χ3n) is 4.95. The normalized spacial score (nSPS) is 27.7. The summed E-state index contributed by atoms with van der Waals surface area (Å²) < 4.78 is 0. The van der Waals surface area contributed by atoms with Crippen LogP contribution in [0.25, 0.3) is 0 Å². The van der Waals surface area contributed by atoms with Crippen molar-refractivity contribution in [2.75, 3.05) is 0 Å². The maximum absolute atomic E-state index is 9.68. The fraction of sp³-hybridized carbons (Fsp3) is 1.00. The molecule has 0 radical (unpaired) electrons. The van der Waals surface area contributed by atoms with E-state index in [4.69, 9.17) is 0 Å². The molecule has 3 heteroatoms. The number of hydrogen-bond donors (Lipinski definition) is 3. The van der Waals surface area contributed by atoms with Crippen LogP contribution in [0.5, 0.6) is 0 Å². The Hall–Kier alpha value is -0.120. The van der Waals surface area contributed by atoms with Gasteiger partial charge in [-0.05, 0) is 39.0 Å². The average Bonchev–Trinajstić information content (AvgIpc) is 2.48. The number of unbranched alkanes of at least 4 members (excludes halogenated alkanes) is 6. The van der Waals surface area contributed by atoms with Crippen molar-refractivity contribution in [3.63, 3.8) is 0 Å². The van der Waals surface area contributed by atoms with Crippen molar-refractivity contribution in [2.24, 2.45) is 0 Å². The smallest absolute Gasteiger partial charge is 0.0691 e. The van der Waals surface area contributed by atoms with Crippen LogP contribution >= 0.6 is 0 Å². The Labute approximate surface area is 131 Å². The molecular formula is C18H37NO2. The van der Waals surface area contributed by atoms with Crippen LogP contribution < -0.4 is 5.32 Å². The summed E-state index contributed by atoms with van der Waals surface area (Å²) in [5, 5.41) is 22.7. The molecule has 3 nitrogen and oxygen atoms in total. The van der Waals surface area contributed by atoms with E-state index in [-0.39, 0.29) is 18.2 Å². The molecule has 0 amide bonds. The van der Waals surface area contributed by atoms with Gasteiger partial charge in [0.2, 0.25) is 0 Å². The third kappa shape index (κ3) is 8.80. The highest BCUT2D eigenvalue weighted by molar-refractivity contribution is 4.83. The van der Waals surface area contributed by atoms with E-state index in [1.54, 1.807) is 0 Å².